The molecule has 6 nitrogen and oxygen atoms in total. The van der Waals surface area contributed by atoms with E-state index in [1.54, 1.807) is 13.8 Å². The van der Waals surface area contributed by atoms with Gasteiger partial charge in [-0.2, -0.15) is 0 Å². The Bertz CT molecular complexity index is 635. The van der Waals surface area contributed by atoms with Crippen LogP contribution >= 0.6 is 0 Å². The van der Waals surface area contributed by atoms with Crippen LogP contribution in [-0.4, -0.2) is 55.6 Å². The molecule has 0 N–H and O–H groups in total. The quantitative estimate of drug-likeness (QED) is 0.756. The van der Waals surface area contributed by atoms with Gasteiger partial charge in [-0.05, 0) is 26.7 Å². The molecule has 0 spiro atoms. The first-order valence-corrected chi connectivity index (χ1v) is 12.5. The molecule has 0 radical (unpaired) electrons. The largest absolute Gasteiger partial charge is 0.448 e. The van der Waals surface area contributed by atoms with Crippen molar-refractivity contribution in [3.05, 3.63) is 30.3 Å². The summed E-state index contributed by atoms with van der Waals surface area (Å²) in [5.74, 6) is 0. The highest BCUT2D eigenvalue weighted by atomic mass is 28.3. The third-order valence-electron chi connectivity index (χ3n) is 5.71. The fraction of sp³-hybridized carbons (Fsp3) is 0.579. The zero-order valence-corrected chi connectivity index (χ0v) is 17.0. The van der Waals surface area contributed by atoms with Crippen molar-refractivity contribution in [1.82, 2.24) is 10.0 Å². The van der Waals surface area contributed by atoms with Crippen molar-refractivity contribution < 1.29 is 19.1 Å². The van der Waals surface area contributed by atoms with Gasteiger partial charge in [0.2, 0.25) is 0 Å². The Morgan fingerprint density at radius 1 is 0.962 bits per heavy atom. The minimum absolute atomic E-state index is 0.00895. The van der Waals surface area contributed by atoms with Crippen molar-refractivity contribution in [1.29, 1.82) is 0 Å². The first-order chi connectivity index (χ1) is 12.4. The average Bonchev–Trinajstić information content (AvgIpc) is 3.20. The van der Waals surface area contributed by atoms with Crippen molar-refractivity contribution in [2.75, 3.05) is 13.2 Å². The van der Waals surface area contributed by atoms with E-state index in [0.29, 0.717) is 0 Å². The molecule has 1 aliphatic carbocycles. The normalized spacial score (nSPS) is 24.7. The van der Waals surface area contributed by atoms with Gasteiger partial charge in [-0.25, -0.2) is 19.6 Å². The Balaban J connectivity index is 1.98. The average molecular weight is 377 g/mol. The maximum Gasteiger partial charge on any atom is 0.429 e. The van der Waals surface area contributed by atoms with Gasteiger partial charge in [-0.1, -0.05) is 48.6 Å². The van der Waals surface area contributed by atoms with Gasteiger partial charge in [0, 0.05) is 5.54 Å². The van der Waals surface area contributed by atoms with E-state index in [2.05, 4.69) is 37.4 Å². The van der Waals surface area contributed by atoms with E-state index < -0.39 is 20.3 Å². The molecule has 1 aliphatic heterocycles. The van der Waals surface area contributed by atoms with Gasteiger partial charge >= 0.3 is 12.2 Å². The lowest BCUT2D eigenvalue weighted by Gasteiger charge is -2.35. The van der Waals surface area contributed by atoms with Gasteiger partial charge in [-0.15, -0.1) is 0 Å². The van der Waals surface area contributed by atoms with Crippen molar-refractivity contribution in [2.24, 2.45) is 0 Å². The highest BCUT2D eigenvalue weighted by Gasteiger charge is 2.62. The van der Waals surface area contributed by atoms with Crippen LogP contribution < -0.4 is 5.19 Å². The van der Waals surface area contributed by atoms with E-state index in [0.717, 1.165) is 12.8 Å². The first kappa shape index (κ1) is 18.8. The van der Waals surface area contributed by atoms with Crippen LogP contribution in [0.15, 0.2) is 30.3 Å². The fourth-order valence-electron chi connectivity index (χ4n) is 4.67. The number of carbonyl (C=O) groups excluding carboxylic acids is 2. The third-order valence-corrected chi connectivity index (χ3v) is 9.97. The summed E-state index contributed by atoms with van der Waals surface area (Å²) in [4.78, 5) is 25.3. The van der Waals surface area contributed by atoms with Crippen molar-refractivity contribution in [3.63, 3.8) is 0 Å². The molecule has 2 fully saturated rings. The number of fused-ring (bicyclic) bond motifs is 2. The SMILES string of the molecule is CCOC(=O)N1[C@@H]2CC[C@@H](C2[Si](C)(C)c2ccccc2)N1C(=O)OCC. The topological polar surface area (TPSA) is 59.1 Å². The van der Waals surface area contributed by atoms with E-state index in [-0.39, 0.29) is 30.8 Å². The van der Waals surface area contributed by atoms with Crippen LogP contribution in [0.4, 0.5) is 9.59 Å². The number of benzene rings is 1. The molecule has 0 aromatic heterocycles. The molecule has 2 amide bonds. The number of hydrogen-bond donors (Lipinski definition) is 0. The zero-order chi connectivity index (χ0) is 18.9. The predicted octanol–water partition coefficient (Wildman–Crippen LogP) is 3.35. The monoisotopic (exact) mass is 376 g/mol. The Morgan fingerprint density at radius 2 is 1.42 bits per heavy atom. The third kappa shape index (κ3) is 2.98. The molecule has 1 saturated carbocycles. The van der Waals surface area contributed by atoms with Gasteiger partial charge in [0.05, 0.1) is 33.4 Å². The second-order valence-corrected chi connectivity index (χ2v) is 12.1. The van der Waals surface area contributed by atoms with E-state index in [1.165, 1.54) is 15.2 Å². The number of hydrazine groups is 1. The van der Waals surface area contributed by atoms with Gasteiger partial charge in [0.15, 0.2) is 0 Å². The van der Waals surface area contributed by atoms with Crippen LogP contribution in [0.5, 0.6) is 0 Å². The number of carbonyl (C=O) groups is 2. The molecular formula is C19H28N2O4Si. The minimum atomic E-state index is -1.93. The summed E-state index contributed by atoms with van der Waals surface area (Å²) < 4.78 is 10.5. The minimum Gasteiger partial charge on any atom is -0.448 e. The highest BCUT2D eigenvalue weighted by Crippen LogP contribution is 2.51. The molecular weight excluding hydrogens is 348 g/mol. The Morgan fingerprint density at radius 3 is 1.85 bits per heavy atom. The summed E-state index contributed by atoms with van der Waals surface area (Å²) in [5.41, 5.74) is 0.263. The Labute approximate surface area is 156 Å². The van der Waals surface area contributed by atoms with E-state index in [1.807, 2.05) is 6.07 Å². The summed E-state index contributed by atoms with van der Waals surface area (Å²) in [6.07, 6.45) is 0.895. The molecule has 3 rings (SSSR count). The number of rotatable bonds is 4. The van der Waals surface area contributed by atoms with Crippen molar-refractivity contribution >= 4 is 25.4 Å². The lowest BCUT2D eigenvalue weighted by Crippen LogP contribution is -2.53. The first-order valence-electron chi connectivity index (χ1n) is 9.40. The highest BCUT2D eigenvalue weighted by molar-refractivity contribution is 6.91. The number of amides is 2. The van der Waals surface area contributed by atoms with E-state index in [9.17, 15) is 9.59 Å². The molecule has 1 aromatic carbocycles. The van der Waals surface area contributed by atoms with Crippen LogP contribution in [0.2, 0.25) is 18.6 Å². The number of ether oxygens (including phenoxy) is 2. The summed E-state index contributed by atoms with van der Waals surface area (Å²) >= 11 is 0. The zero-order valence-electron chi connectivity index (χ0n) is 16.0. The van der Waals surface area contributed by atoms with Crippen LogP contribution in [0.3, 0.4) is 0 Å². The molecule has 1 heterocycles. The molecule has 26 heavy (non-hydrogen) atoms. The molecule has 1 saturated heterocycles. The lowest BCUT2D eigenvalue weighted by molar-refractivity contribution is -0.0378. The second-order valence-electron chi connectivity index (χ2n) is 7.41. The van der Waals surface area contributed by atoms with Gasteiger partial charge in [0.25, 0.3) is 0 Å². The predicted molar refractivity (Wildman–Crippen MR) is 102 cm³/mol. The van der Waals surface area contributed by atoms with Gasteiger partial charge in [0.1, 0.15) is 0 Å². The van der Waals surface area contributed by atoms with E-state index >= 15 is 0 Å². The second kappa shape index (κ2) is 7.30. The van der Waals surface area contributed by atoms with Crippen LogP contribution in [0, 0.1) is 0 Å². The number of nitrogens with zero attached hydrogens (tertiary/aromatic N) is 2. The smallest absolute Gasteiger partial charge is 0.429 e. The molecule has 1 unspecified atom stereocenters. The lowest BCUT2D eigenvalue weighted by atomic mass is 10.2. The summed E-state index contributed by atoms with van der Waals surface area (Å²) in [7, 11) is -1.93. The number of hydrogen-bond acceptors (Lipinski definition) is 4. The molecule has 7 heteroatoms. The Hall–Kier alpha value is -2.02. The van der Waals surface area contributed by atoms with Crippen LogP contribution in [-0.2, 0) is 9.47 Å². The van der Waals surface area contributed by atoms with Crippen molar-refractivity contribution in [3.8, 4) is 0 Å². The molecule has 3 atom stereocenters. The summed E-state index contributed by atoms with van der Waals surface area (Å²) in [6, 6.07) is 10.5. The maximum atomic E-state index is 12.6. The fourth-order valence-corrected chi connectivity index (χ4v) is 8.65. The van der Waals surface area contributed by atoms with Gasteiger partial charge in [-0.3, -0.25) is 0 Å². The van der Waals surface area contributed by atoms with E-state index in [4.69, 9.17) is 9.47 Å². The molecule has 2 bridgehead atoms. The van der Waals surface area contributed by atoms with Gasteiger partial charge < -0.3 is 9.47 Å². The van der Waals surface area contributed by atoms with Crippen molar-refractivity contribution in [2.45, 2.75) is 57.4 Å². The summed E-state index contributed by atoms with van der Waals surface area (Å²) in [5, 5.41) is 4.42. The maximum absolute atomic E-state index is 12.6. The standard InChI is InChI=1S/C19H28N2O4Si/c1-5-24-18(22)20-15-12-13-16(21(20)19(23)25-6-2)17(15)26(3,4)14-10-8-7-9-11-14/h7-11,15-17H,5-6,12-13H2,1-4H3/t15-,16+,17?. The molecule has 2 aliphatic rings. The molecule has 142 valence electrons. The Kier molecular flexibility index (Phi) is 5.27. The van der Waals surface area contributed by atoms with Crippen LogP contribution in [0.25, 0.3) is 0 Å². The van der Waals surface area contributed by atoms with Crippen LogP contribution in [0.1, 0.15) is 26.7 Å². The summed E-state index contributed by atoms with van der Waals surface area (Å²) in [6.45, 7) is 8.79. The molecule has 1 aromatic rings.